The minimum Gasteiger partial charge on any atom is -0.495 e. The van der Waals surface area contributed by atoms with Gasteiger partial charge in [-0.25, -0.2) is 12.7 Å². The minimum absolute atomic E-state index is 0.0127. The molecule has 0 bridgehead atoms. The Hall–Kier alpha value is -1.60. The first kappa shape index (κ1) is 20.4. The fraction of sp³-hybridized carbons (Fsp3) is 0.588. The predicted molar refractivity (Wildman–Crippen MR) is 94.9 cm³/mol. The van der Waals surface area contributed by atoms with Crippen molar-refractivity contribution in [1.82, 2.24) is 9.62 Å². The molecule has 1 atom stereocenters. The summed E-state index contributed by atoms with van der Waals surface area (Å²) in [6.45, 7) is 4.09. The summed E-state index contributed by atoms with van der Waals surface area (Å²) in [5.41, 5.74) is 0.304. The smallest absolute Gasteiger partial charge is 0.251 e. The molecule has 0 spiro atoms. The number of rotatable bonds is 9. The van der Waals surface area contributed by atoms with Crippen LogP contribution in [0.3, 0.4) is 0 Å². The molecule has 6 nitrogen and oxygen atoms in total. The van der Waals surface area contributed by atoms with E-state index in [1.807, 2.05) is 6.92 Å². The average molecular weight is 356 g/mol. The first-order chi connectivity index (χ1) is 11.2. The molecule has 136 valence electrons. The van der Waals surface area contributed by atoms with E-state index in [4.69, 9.17) is 4.74 Å². The van der Waals surface area contributed by atoms with Crippen LogP contribution in [0, 0.1) is 0 Å². The van der Waals surface area contributed by atoms with Crippen molar-refractivity contribution in [1.29, 1.82) is 0 Å². The molecule has 1 amide bonds. The predicted octanol–water partition coefficient (Wildman–Crippen LogP) is 2.64. The Balaban J connectivity index is 2.99. The molecule has 0 aliphatic heterocycles. The lowest BCUT2D eigenvalue weighted by atomic mass is 10.1. The van der Waals surface area contributed by atoms with E-state index >= 15 is 0 Å². The molecule has 0 heterocycles. The van der Waals surface area contributed by atoms with Crippen molar-refractivity contribution in [3.8, 4) is 5.75 Å². The van der Waals surface area contributed by atoms with E-state index in [1.54, 1.807) is 6.07 Å². The van der Waals surface area contributed by atoms with Gasteiger partial charge in [0.05, 0.1) is 7.11 Å². The van der Waals surface area contributed by atoms with Crippen molar-refractivity contribution in [2.24, 2.45) is 0 Å². The van der Waals surface area contributed by atoms with E-state index in [-0.39, 0.29) is 22.6 Å². The number of hydrogen-bond acceptors (Lipinski definition) is 4. The van der Waals surface area contributed by atoms with E-state index in [0.29, 0.717) is 5.56 Å². The van der Waals surface area contributed by atoms with Gasteiger partial charge in [-0.1, -0.05) is 26.2 Å². The van der Waals surface area contributed by atoms with Crippen LogP contribution in [0.15, 0.2) is 23.1 Å². The third-order valence-corrected chi connectivity index (χ3v) is 5.64. The molecule has 0 aliphatic rings. The zero-order valence-electron chi connectivity index (χ0n) is 15.1. The highest BCUT2D eigenvalue weighted by atomic mass is 32.2. The molecule has 1 N–H and O–H groups in total. The maximum atomic E-state index is 12.4. The Labute approximate surface area is 145 Å². The van der Waals surface area contributed by atoms with Gasteiger partial charge in [0.25, 0.3) is 5.91 Å². The lowest BCUT2D eigenvalue weighted by Gasteiger charge is -2.17. The van der Waals surface area contributed by atoms with E-state index in [9.17, 15) is 13.2 Å². The molecule has 1 aromatic rings. The summed E-state index contributed by atoms with van der Waals surface area (Å²) < 4.78 is 31.0. The molecule has 0 aromatic heterocycles. The first-order valence-electron chi connectivity index (χ1n) is 8.15. The molecule has 1 rings (SSSR count). The summed E-state index contributed by atoms with van der Waals surface area (Å²) in [5.74, 6) is -0.0619. The van der Waals surface area contributed by atoms with Gasteiger partial charge in [-0.2, -0.15) is 0 Å². The number of carbonyl (C=O) groups is 1. The van der Waals surface area contributed by atoms with Crippen molar-refractivity contribution in [3.63, 3.8) is 0 Å². The van der Waals surface area contributed by atoms with Crippen molar-refractivity contribution < 1.29 is 17.9 Å². The number of sulfonamides is 1. The summed E-state index contributed by atoms with van der Waals surface area (Å²) in [7, 11) is 0.593. The van der Waals surface area contributed by atoms with Crippen LogP contribution in [-0.4, -0.2) is 45.9 Å². The van der Waals surface area contributed by atoms with Crippen molar-refractivity contribution in [2.75, 3.05) is 21.2 Å². The van der Waals surface area contributed by atoms with Crippen LogP contribution in [0.25, 0.3) is 0 Å². The summed E-state index contributed by atoms with van der Waals surface area (Å²) in [4.78, 5) is 12.4. The molecular formula is C17H28N2O4S. The van der Waals surface area contributed by atoms with Gasteiger partial charge in [-0.05, 0) is 31.5 Å². The van der Waals surface area contributed by atoms with Gasteiger partial charge in [0.1, 0.15) is 10.6 Å². The Morgan fingerprint density at radius 3 is 2.50 bits per heavy atom. The number of benzene rings is 1. The zero-order chi connectivity index (χ0) is 18.3. The molecule has 0 aliphatic carbocycles. The normalized spacial score (nSPS) is 12.9. The van der Waals surface area contributed by atoms with E-state index in [1.165, 1.54) is 33.3 Å². The van der Waals surface area contributed by atoms with Gasteiger partial charge < -0.3 is 10.1 Å². The number of carbonyl (C=O) groups excluding carboxylic acids is 1. The van der Waals surface area contributed by atoms with Crippen molar-refractivity contribution in [2.45, 2.75) is 50.5 Å². The largest absolute Gasteiger partial charge is 0.495 e. The van der Waals surface area contributed by atoms with Crippen LogP contribution in [0.4, 0.5) is 0 Å². The Morgan fingerprint density at radius 1 is 1.29 bits per heavy atom. The summed E-state index contributed by atoms with van der Waals surface area (Å²) >= 11 is 0. The number of hydrogen-bond donors (Lipinski definition) is 1. The quantitative estimate of drug-likeness (QED) is 0.690. The highest BCUT2D eigenvalue weighted by Crippen LogP contribution is 2.27. The van der Waals surface area contributed by atoms with E-state index < -0.39 is 10.0 Å². The van der Waals surface area contributed by atoms with Gasteiger partial charge in [0.2, 0.25) is 10.0 Å². The van der Waals surface area contributed by atoms with Gasteiger partial charge >= 0.3 is 0 Å². The minimum atomic E-state index is -3.69. The lowest BCUT2D eigenvalue weighted by molar-refractivity contribution is 0.0937. The first-order valence-corrected chi connectivity index (χ1v) is 9.59. The molecule has 7 heteroatoms. The number of ether oxygens (including phenoxy) is 1. The van der Waals surface area contributed by atoms with Crippen molar-refractivity contribution in [3.05, 3.63) is 23.8 Å². The number of nitrogens with zero attached hydrogens (tertiary/aromatic N) is 1. The van der Waals surface area contributed by atoms with Crippen molar-refractivity contribution >= 4 is 15.9 Å². The SMILES string of the molecule is CCCCCC(C)NC(=O)c1ccc(OC)c(S(=O)(=O)N(C)C)c1. The van der Waals surface area contributed by atoms with Crippen LogP contribution in [0.1, 0.15) is 49.9 Å². The Morgan fingerprint density at radius 2 is 1.96 bits per heavy atom. The van der Waals surface area contributed by atoms with Crippen LogP contribution in [0.2, 0.25) is 0 Å². The van der Waals surface area contributed by atoms with Gasteiger partial charge in [-0.15, -0.1) is 0 Å². The molecule has 0 saturated carbocycles. The maximum Gasteiger partial charge on any atom is 0.251 e. The monoisotopic (exact) mass is 356 g/mol. The molecule has 24 heavy (non-hydrogen) atoms. The molecule has 0 fully saturated rings. The van der Waals surface area contributed by atoms with E-state index in [2.05, 4.69) is 12.2 Å². The molecule has 0 radical (unpaired) electrons. The third kappa shape index (κ3) is 5.21. The number of unbranched alkanes of at least 4 members (excludes halogenated alkanes) is 2. The van der Waals surface area contributed by atoms with Crippen LogP contribution >= 0.6 is 0 Å². The summed E-state index contributed by atoms with van der Waals surface area (Å²) in [6, 6.07) is 4.48. The fourth-order valence-corrected chi connectivity index (χ4v) is 3.37. The van der Waals surface area contributed by atoms with Gasteiger partial charge in [0.15, 0.2) is 0 Å². The second-order valence-corrected chi connectivity index (χ2v) is 8.14. The maximum absolute atomic E-state index is 12.4. The molecule has 0 saturated heterocycles. The van der Waals surface area contributed by atoms with Crippen LogP contribution < -0.4 is 10.1 Å². The molecular weight excluding hydrogens is 328 g/mol. The second kappa shape index (κ2) is 9.03. The van der Waals surface area contributed by atoms with Crippen LogP contribution in [0.5, 0.6) is 5.75 Å². The Bertz CT molecular complexity index is 657. The van der Waals surface area contributed by atoms with E-state index in [0.717, 1.165) is 30.0 Å². The third-order valence-electron chi connectivity index (χ3n) is 3.80. The number of amides is 1. The van der Waals surface area contributed by atoms with Gasteiger partial charge in [-0.3, -0.25) is 4.79 Å². The molecule has 1 unspecified atom stereocenters. The van der Waals surface area contributed by atoms with Crippen LogP contribution in [-0.2, 0) is 10.0 Å². The highest BCUT2D eigenvalue weighted by Gasteiger charge is 2.24. The number of nitrogens with one attached hydrogen (secondary N) is 1. The lowest BCUT2D eigenvalue weighted by Crippen LogP contribution is -2.32. The standard InChI is InChI=1S/C17H28N2O4S/c1-6-7-8-9-13(2)18-17(20)14-10-11-15(23-5)16(12-14)24(21,22)19(3)4/h10-13H,6-9H2,1-5H3,(H,18,20). The fourth-order valence-electron chi connectivity index (χ4n) is 2.30. The topological polar surface area (TPSA) is 75.7 Å². The summed E-state index contributed by atoms with van der Waals surface area (Å²) in [6.07, 6.45) is 4.22. The highest BCUT2D eigenvalue weighted by molar-refractivity contribution is 7.89. The zero-order valence-corrected chi connectivity index (χ0v) is 15.9. The number of methoxy groups -OCH3 is 1. The average Bonchev–Trinajstić information content (AvgIpc) is 2.54. The summed E-state index contributed by atoms with van der Waals surface area (Å²) in [5, 5.41) is 2.91. The van der Waals surface area contributed by atoms with Gasteiger partial charge in [0, 0.05) is 25.7 Å². The second-order valence-electron chi connectivity index (χ2n) is 6.02. The Kier molecular flexibility index (Phi) is 7.69. The molecule has 1 aromatic carbocycles.